The van der Waals surface area contributed by atoms with Gasteiger partial charge in [0.1, 0.15) is 8.64 Å². The molecule has 0 aromatic heterocycles. The Bertz CT molecular complexity index is 159. The predicted molar refractivity (Wildman–Crippen MR) is 74.5 cm³/mol. The maximum atomic E-state index is 5.07. The fraction of sp³-hybridized carbons (Fsp3) is 0.714. The van der Waals surface area contributed by atoms with E-state index in [1.165, 1.54) is 21.6 Å². The number of hydrogen-bond acceptors (Lipinski definition) is 4. The summed E-state index contributed by atoms with van der Waals surface area (Å²) >= 11 is 10.1. The molecule has 6 heteroatoms. The first-order valence-corrected chi connectivity index (χ1v) is 6.19. The molecule has 2 nitrogen and oxygen atoms in total. The first-order valence-electron chi connectivity index (χ1n) is 3.22. The van der Waals surface area contributed by atoms with Crippen molar-refractivity contribution in [2.24, 2.45) is 0 Å². The normalized spacial score (nSPS) is 8.62. The molecule has 0 aromatic carbocycles. The van der Waals surface area contributed by atoms with Crippen molar-refractivity contribution in [1.82, 2.24) is 9.80 Å². The van der Waals surface area contributed by atoms with Gasteiger partial charge in [-0.3, -0.25) is 0 Å². The highest BCUT2D eigenvalue weighted by Crippen LogP contribution is 2.26. The van der Waals surface area contributed by atoms with Gasteiger partial charge in [0.2, 0.25) is 0 Å². The first-order chi connectivity index (χ1) is 5.45. The van der Waals surface area contributed by atoms with Crippen LogP contribution in [-0.4, -0.2) is 46.6 Å². The van der Waals surface area contributed by atoms with Gasteiger partial charge in [-0.05, 0) is 21.6 Å². The van der Waals surface area contributed by atoms with Crippen LogP contribution in [0.2, 0.25) is 0 Å². The van der Waals surface area contributed by atoms with Crippen LogP contribution >= 0.6 is 46.0 Å². The number of nitrogens with zero attached hydrogens (tertiary/aromatic N) is 2. The Morgan fingerprint density at radius 3 is 1.23 bits per heavy atom. The molecular weight excluding hydrogens is 240 g/mol. The van der Waals surface area contributed by atoms with Gasteiger partial charge in [-0.1, -0.05) is 31.9 Å². The lowest BCUT2D eigenvalue weighted by molar-refractivity contribution is 0.647. The predicted octanol–water partition coefficient (Wildman–Crippen LogP) is 2.70. The highest BCUT2D eigenvalue weighted by Gasteiger charge is 2.04. The summed E-state index contributed by atoms with van der Waals surface area (Å²) in [5, 5.41) is 0. The molecule has 0 heterocycles. The Labute approximate surface area is 99.8 Å². The molecule has 78 valence electrons. The first kappa shape index (κ1) is 15.9. The van der Waals surface area contributed by atoms with E-state index in [4.69, 9.17) is 24.4 Å². The van der Waals surface area contributed by atoms with Gasteiger partial charge in [0.15, 0.2) is 0 Å². The average molecular weight is 256 g/mol. The molecular formula is C7H16N2S4. The topological polar surface area (TPSA) is 6.48 Å². The van der Waals surface area contributed by atoms with Crippen LogP contribution in [0.3, 0.4) is 0 Å². The summed E-state index contributed by atoms with van der Waals surface area (Å²) in [6, 6.07) is 0. The Morgan fingerprint density at radius 1 is 0.846 bits per heavy atom. The van der Waals surface area contributed by atoms with Crippen molar-refractivity contribution >= 4 is 54.7 Å². The van der Waals surface area contributed by atoms with Gasteiger partial charge in [0.25, 0.3) is 0 Å². The van der Waals surface area contributed by atoms with E-state index in [0.717, 1.165) is 8.64 Å². The molecule has 0 saturated carbocycles. The number of hydrogen-bond donors (Lipinski definition) is 0. The quantitative estimate of drug-likeness (QED) is 0.482. The molecule has 0 saturated heterocycles. The fourth-order valence-corrected chi connectivity index (χ4v) is 2.60. The Kier molecular flexibility index (Phi) is 9.61. The van der Waals surface area contributed by atoms with Crippen molar-refractivity contribution in [2.45, 2.75) is 7.43 Å². The molecule has 0 bridgehead atoms. The largest absolute Gasteiger partial charge is 0.363 e. The minimum atomic E-state index is 0. The van der Waals surface area contributed by atoms with Crippen molar-refractivity contribution in [3.63, 3.8) is 0 Å². The second kappa shape index (κ2) is 7.84. The fourth-order valence-electron chi connectivity index (χ4n) is 0.220. The van der Waals surface area contributed by atoms with Crippen LogP contribution in [0.5, 0.6) is 0 Å². The minimum absolute atomic E-state index is 0. The van der Waals surface area contributed by atoms with Gasteiger partial charge in [0.05, 0.1) is 0 Å². The third kappa shape index (κ3) is 7.54. The molecule has 0 aliphatic carbocycles. The summed E-state index contributed by atoms with van der Waals surface area (Å²) in [6.45, 7) is 0. The highest BCUT2D eigenvalue weighted by atomic mass is 33.1. The molecule has 0 amide bonds. The van der Waals surface area contributed by atoms with E-state index < -0.39 is 0 Å². The molecule has 0 aliphatic rings. The van der Waals surface area contributed by atoms with E-state index in [9.17, 15) is 0 Å². The lowest BCUT2D eigenvalue weighted by atomic mass is 11.0. The van der Waals surface area contributed by atoms with E-state index in [0.29, 0.717) is 0 Å². The van der Waals surface area contributed by atoms with Gasteiger partial charge >= 0.3 is 0 Å². The van der Waals surface area contributed by atoms with Crippen molar-refractivity contribution < 1.29 is 0 Å². The molecule has 0 radical (unpaired) electrons. The highest BCUT2D eigenvalue weighted by molar-refractivity contribution is 8.89. The second-order valence-corrected chi connectivity index (χ2v) is 5.88. The summed E-state index contributed by atoms with van der Waals surface area (Å²) in [4.78, 5) is 3.79. The van der Waals surface area contributed by atoms with Crippen molar-refractivity contribution in [2.75, 3.05) is 28.2 Å². The molecule has 0 atom stereocenters. The SMILES string of the molecule is C.CN(C)C(=S)SSC(=S)N(C)C. The summed E-state index contributed by atoms with van der Waals surface area (Å²) in [6.07, 6.45) is 0. The maximum absolute atomic E-state index is 5.07. The molecule has 0 fully saturated rings. The van der Waals surface area contributed by atoms with E-state index in [1.807, 2.05) is 38.0 Å². The van der Waals surface area contributed by atoms with E-state index in [1.54, 1.807) is 0 Å². The molecule has 0 rings (SSSR count). The summed E-state index contributed by atoms with van der Waals surface area (Å²) < 4.78 is 1.67. The summed E-state index contributed by atoms with van der Waals surface area (Å²) in [7, 11) is 10.7. The summed E-state index contributed by atoms with van der Waals surface area (Å²) in [5.74, 6) is 0. The van der Waals surface area contributed by atoms with Crippen molar-refractivity contribution in [3.05, 3.63) is 0 Å². The monoisotopic (exact) mass is 256 g/mol. The standard InChI is InChI=1S/C6H12N2S4.CH4/c1-7(2)5(9)11-12-6(10)8(3)4;/h1-4H3;1H4. The molecule has 0 spiro atoms. The third-order valence-electron chi connectivity index (χ3n) is 0.915. The van der Waals surface area contributed by atoms with Crippen LogP contribution in [-0.2, 0) is 0 Å². The van der Waals surface area contributed by atoms with Gasteiger partial charge in [0, 0.05) is 28.2 Å². The van der Waals surface area contributed by atoms with Crippen LogP contribution in [0.4, 0.5) is 0 Å². The van der Waals surface area contributed by atoms with E-state index in [-0.39, 0.29) is 7.43 Å². The zero-order chi connectivity index (χ0) is 9.72. The van der Waals surface area contributed by atoms with E-state index in [2.05, 4.69) is 0 Å². The van der Waals surface area contributed by atoms with Crippen LogP contribution < -0.4 is 0 Å². The zero-order valence-corrected chi connectivity index (χ0v) is 10.8. The maximum Gasteiger partial charge on any atom is 0.146 e. The molecule has 0 aliphatic heterocycles. The Morgan fingerprint density at radius 2 is 1.08 bits per heavy atom. The lowest BCUT2D eigenvalue weighted by Gasteiger charge is -2.15. The summed E-state index contributed by atoms with van der Waals surface area (Å²) in [5.41, 5.74) is 0. The lowest BCUT2D eigenvalue weighted by Crippen LogP contribution is -2.18. The van der Waals surface area contributed by atoms with E-state index >= 15 is 0 Å². The molecule has 13 heavy (non-hydrogen) atoms. The Hall–Kier alpha value is 0.480. The average Bonchev–Trinajstić information content (AvgIpc) is 1.98. The zero-order valence-electron chi connectivity index (χ0n) is 7.53. The molecule has 0 aromatic rings. The van der Waals surface area contributed by atoms with Gasteiger partial charge < -0.3 is 9.80 Å². The Balaban J connectivity index is 0. The number of thiocarbonyl (C=S) groups is 2. The second-order valence-electron chi connectivity index (χ2n) is 2.49. The molecule has 0 unspecified atom stereocenters. The minimum Gasteiger partial charge on any atom is -0.363 e. The van der Waals surface area contributed by atoms with Gasteiger partial charge in [-0.2, -0.15) is 0 Å². The van der Waals surface area contributed by atoms with Gasteiger partial charge in [-0.25, -0.2) is 0 Å². The third-order valence-corrected chi connectivity index (χ3v) is 5.07. The smallest absolute Gasteiger partial charge is 0.146 e. The van der Waals surface area contributed by atoms with Crippen LogP contribution in [0.15, 0.2) is 0 Å². The van der Waals surface area contributed by atoms with Crippen molar-refractivity contribution in [1.29, 1.82) is 0 Å². The number of rotatable bonds is 0. The van der Waals surface area contributed by atoms with Crippen molar-refractivity contribution in [3.8, 4) is 0 Å². The van der Waals surface area contributed by atoms with Crippen LogP contribution in [0.25, 0.3) is 0 Å². The van der Waals surface area contributed by atoms with Crippen LogP contribution in [0, 0.1) is 0 Å². The van der Waals surface area contributed by atoms with Crippen LogP contribution in [0.1, 0.15) is 7.43 Å². The van der Waals surface area contributed by atoms with Gasteiger partial charge in [-0.15, -0.1) is 0 Å². The molecule has 0 N–H and O–H groups in total.